The molecule has 1 atom stereocenters. The van der Waals surface area contributed by atoms with Crippen molar-refractivity contribution in [3.63, 3.8) is 0 Å². The second-order valence-corrected chi connectivity index (χ2v) is 15.0. The summed E-state index contributed by atoms with van der Waals surface area (Å²) in [5, 5.41) is 7.86. The summed E-state index contributed by atoms with van der Waals surface area (Å²) in [5.41, 5.74) is 0.189. The summed E-state index contributed by atoms with van der Waals surface area (Å²) >= 11 is 0. The van der Waals surface area contributed by atoms with Gasteiger partial charge in [0.25, 0.3) is 5.56 Å². The van der Waals surface area contributed by atoms with E-state index in [1.807, 2.05) is 0 Å². The quantitative estimate of drug-likeness (QED) is 0.188. The lowest BCUT2D eigenvalue weighted by Gasteiger charge is -2.35. The summed E-state index contributed by atoms with van der Waals surface area (Å²) in [6.45, 7) is 7.11. The molecule has 1 unspecified atom stereocenters. The van der Waals surface area contributed by atoms with Crippen molar-refractivity contribution in [2.75, 3.05) is 69.7 Å². The van der Waals surface area contributed by atoms with Gasteiger partial charge in [0.15, 0.2) is 0 Å². The maximum Gasteiger partial charge on any atom is 0.261 e. The molecule has 0 bridgehead atoms. The molecule has 4 N–H and O–H groups in total. The summed E-state index contributed by atoms with van der Waals surface area (Å²) in [6.07, 6.45) is 5.43. The largest absolute Gasteiger partial charge is 0.493 e. The molecule has 0 aliphatic carbocycles. The van der Waals surface area contributed by atoms with Crippen LogP contribution in [0.1, 0.15) is 57.2 Å². The van der Waals surface area contributed by atoms with E-state index in [1.165, 1.54) is 18.2 Å². The first-order valence-corrected chi connectivity index (χ1v) is 19.4. The SMILES string of the molecule is O=C1CCC(Nc2ccc(NC(=O)C3CCN(CCN4CCC(COc5cc(F)c6c(=O)[nH]c(COC7CCOCC7)nc6c5)CC4)CC3)c(F)c2)C(=O)N1. The fourth-order valence-electron chi connectivity index (χ4n) is 7.70. The Kier molecular flexibility index (Phi) is 12.7. The van der Waals surface area contributed by atoms with Crippen LogP contribution in [0.25, 0.3) is 10.9 Å². The van der Waals surface area contributed by atoms with E-state index in [4.69, 9.17) is 14.2 Å². The van der Waals surface area contributed by atoms with Crippen LogP contribution < -0.4 is 26.2 Å². The highest BCUT2D eigenvalue weighted by Crippen LogP contribution is 2.26. The summed E-state index contributed by atoms with van der Waals surface area (Å²) in [4.78, 5) is 61.0. The Morgan fingerprint density at radius 1 is 0.909 bits per heavy atom. The second-order valence-electron chi connectivity index (χ2n) is 15.0. The lowest BCUT2D eigenvalue weighted by Crippen LogP contribution is -2.47. The molecule has 296 valence electrons. The van der Waals surface area contributed by atoms with Crippen LogP contribution in [-0.4, -0.2) is 109 Å². The first-order valence-electron chi connectivity index (χ1n) is 19.4. The van der Waals surface area contributed by atoms with E-state index in [0.29, 0.717) is 62.3 Å². The lowest BCUT2D eigenvalue weighted by atomic mass is 9.95. The highest BCUT2D eigenvalue weighted by atomic mass is 19.1. The Morgan fingerprint density at radius 2 is 1.64 bits per heavy atom. The summed E-state index contributed by atoms with van der Waals surface area (Å²) in [6, 6.07) is 6.58. The Balaban J connectivity index is 0.800. The Bertz CT molecular complexity index is 1910. The third kappa shape index (κ3) is 10.2. The zero-order valence-electron chi connectivity index (χ0n) is 30.9. The number of fused-ring (bicyclic) bond motifs is 1. The zero-order chi connectivity index (χ0) is 38.3. The number of imide groups is 1. The third-order valence-electron chi connectivity index (χ3n) is 11.1. The molecule has 55 heavy (non-hydrogen) atoms. The zero-order valence-corrected chi connectivity index (χ0v) is 30.9. The number of aromatic nitrogens is 2. The molecule has 4 aliphatic heterocycles. The number of nitrogens with one attached hydrogen (secondary N) is 4. The van der Waals surface area contributed by atoms with Gasteiger partial charge < -0.3 is 39.6 Å². The highest BCUT2D eigenvalue weighted by molar-refractivity contribution is 6.01. The second kappa shape index (κ2) is 18.0. The normalized spacial score (nSPS) is 21.1. The van der Waals surface area contributed by atoms with Crippen LogP contribution in [-0.2, 0) is 30.5 Å². The van der Waals surface area contributed by atoms with Gasteiger partial charge in [0.05, 0.1) is 23.9 Å². The number of amides is 3. The summed E-state index contributed by atoms with van der Waals surface area (Å²) in [5.74, 6) is -1.42. The monoisotopic (exact) mass is 765 g/mol. The fraction of sp³-hybridized carbons (Fsp3) is 0.564. The molecule has 3 aromatic rings. The molecule has 4 fully saturated rings. The van der Waals surface area contributed by atoms with Gasteiger partial charge in [-0.15, -0.1) is 0 Å². The predicted molar refractivity (Wildman–Crippen MR) is 200 cm³/mol. The van der Waals surface area contributed by atoms with Crippen LogP contribution >= 0.6 is 0 Å². The minimum atomic E-state index is -0.667. The number of piperidine rings is 3. The van der Waals surface area contributed by atoms with Crippen molar-refractivity contribution in [2.45, 2.75) is 70.1 Å². The third-order valence-corrected chi connectivity index (χ3v) is 11.1. The van der Waals surface area contributed by atoms with Crippen molar-refractivity contribution in [1.29, 1.82) is 0 Å². The number of carbonyl (C=O) groups is 3. The van der Waals surface area contributed by atoms with Crippen LogP contribution in [0.2, 0.25) is 0 Å². The van der Waals surface area contributed by atoms with Crippen molar-refractivity contribution in [3.05, 3.63) is 58.1 Å². The minimum Gasteiger partial charge on any atom is -0.493 e. The number of aromatic amines is 1. The van der Waals surface area contributed by atoms with E-state index < -0.39 is 29.1 Å². The van der Waals surface area contributed by atoms with Crippen molar-refractivity contribution in [2.24, 2.45) is 11.8 Å². The molecule has 4 aliphatic rings. The van der Waals surface area contributed by atoms with Gasteiger partial charge in [-0.3, -0.25) is 24.5 Å². The van der Waals surface area contributed by atoms with Gasteiger partial charge >= 0.3 is 0 Å². The molecule has 14 nitrogen and oxygen atoms in total. The number of benzene rings is 2. The number of hydrogen-bond donors (Lipinski definition) is 4. The van der Waals surface area contributed by atoms with Gasteiger partial charge in [0.2, 0.25) is 17.7 Å². The number of H-pyrrole nitrogens is 1. The minimum absolute atomic E-state index is 0.0395. The van der Waals surface area contributed by atoms with Crippen molar-refractivity contribution < 1.29 is 37.4 Å². The van der Waals surface area contributed by atoms with E-state index >= 15 is 0 Å². The molecule has 0 spiro atoms. The average Bonchev–Trinajstić information content (AvgIpc) is 3.18. The molecule has 1 aromatic heterocycles. The number of anilines is 2. The maximum absolute atomic E-state index is 15.0. The van der Waals surface area contributed by atoms with Gasteiger partial charge in [-0.25, -0.2) is 13.8 Å². The Labute approximate surface area is 317 Å². The van der Waals surface area contributed by atoms with Crippen molar-refractivity contribution in [3.8, 4) is 5.75 Å². The summed E-state index contributed by atoms with van der Waals surface area (Å²) in [7, 11) is 0. The topological polar surface area (TPSA) is 167 Å². The van der Waals surface area contributed by atoms with E-state index in [-0.39, 0.29) is 53.5 Å². The van der Waals surface area contributed by atoms with E-state index in [9.17, 15) is 28.0 Å². The molecular weight excluding hydrogens is 716 g/mol. The van der Waals surface area contributed by atoms with Crippen molar-refractivity contribution in [1.82, 2.24) is 25.1 Å². The molecular formula is C39H49F2N7O7. The number of ether oxygens (including phenoxy) is 3. The Hall–Kier alpha value is -4.51. The van der Waals surface area contributed by atoms with Crippen LogP contribution in [0.4, 0.5) is 20.2 Å². The number of likely N-dealkylation sites (tertiary alicyclic amines) is 2. The molecule has 0 radical (unpaired) electrons. The van der Waals surface area contributed by atoms with Crippen molar-refractivity contribution >= 4 is 40.0 Å². The first-order chi connectivity index (χ1) is 26.7. The lowest BCUT2D eigenvalue weighted by molar-refractivity contribution is -0.133. The molecule has 4 saturated heterocycles. The number of rotatable bonds is 13. The molecule has 16 heteroatoms. The van der Waals surface area contributed by atoms with Crippen LogP contribution in [0, 0.1) is 23.5 Å². The molecule has 0 saturated carbocycles. The molecule has 2 aromatic carbocycles. The highest BCUT2D eigenvalue weighted by Gasteiger charge is 2.29. The predicted octanol–water partition coefficient (Wildman–Crippen LogP) is 3.56. The molecule has 5 heterocycles. The fourth-order valence-corrected chi connectivity index (χ4v) is 7.70. The maximum atomic E-state index is 15.0. The van der Waals surface area contributed by atoms with Crippen LogP contribution in [0.15, 0.2) is 35.1 Å². The van der Waals surface area contributed by atoms with Crippen LogP contribution in [0.5, 0.6) is 5.75 Å². The number of hydrogen-bond acceptors (Lipinski definition) is 11. The molecule has 7 rings (SSSR count). The number of nitrogens with zero attached hydrogens (tertiary/aromatic N) is 3. The van der Waals surface area contributed by atoms with Gasteiger partial charge in [0, 0.05) is 56.5 Å². The standard InChI is InChI=1S/C39H49F2N7O7/c40-29-19-26(42-32-3-4-35(49)46-38(32)51)1-2-31(29)44-37(50)25-7-13-48(14-8-25)16-15-47-11-5-24(6-12-47)22-54-28-20-30(41)36-33(21-28)43-34(45-39(36)52)23-55-27-9-17-53-18-10-27/h1-2,19-21,24-25,27,32,42H,3-18,22-23H2,(H,44,50)(H,43,45,52)(H,46,49,51). The van der Waals surface area contributed by atoms with Gasteiger partial charge in [-0.2, -0.15) is 0 Å². The van der Waals surface area contributed by atoms with Gasteiger partial charge in [-0.05, 0) is 95.2 Å². The first kappa shape index (κ1) is 38.8. The van der Waals surface area contributed by atoms with E-state index in [0.717, 1.165) is 65.0 Å². The Morgan fingerprint density at radius 3 is 2.35 bits per heavy atom. The van der Waals surface area contributed by atoms with Crippen LogP contribution in [0.3, 0.4) is 0 Å². The summed E-state index contributed by atoms with van der Waals surface area (Å²) < 4.78 is 47.1. The average molecular weight is 766 g/mol. The number of carbonyl (C=O) groups excluding carboxylic acids is 3. The van der Waals surface area contributed by atoms with Gasteiger partial charge in [0.1, 0.15) is 41.2 Å². The molecule has 3 amide bonds. The number of halogens is 2. The van der Waals surface area contributed by atoms with Gasteiger partial charge in [-0.1, -0.05) is 0 Å². The van der Waals surface area contributed by atoms with E-state index in [2.05, 4.69) is 35.7 Å². The smallest absolute Gasteiger partial charge is 0.261 e. The van der Waals surface area contributed by atoms with E-state index in [1.54, 1.807) is 12.1 Å².